The zero-order valence-corrected chi connectivity index (χ0v) is 10.4. The summed E-state index contributed by atoms with van der Waals surface area (Å²) in [6.07, 6.45) is 2.02. The van der Waals surface area contributed by atoms with Gasteiger partial charge in [0, 0.05) is 26.0 Å². The third-order valence-corrected chi connectivity index (χ3v) is 3.89. The fraction of sp³-hybridized carbons (Fsp3) is 0.917. The van der Waals surface area contributed by atoms with Crippen LogP contribution in [0.3, 0.4) is 0 Å². The molecule has 0 aromatic heterocycles. The second-order valence-electron chi connectivity index (χ2n) is 5.21. The van der Waals surface area contributed by atoms with Gasteiger partial charge in [0.25, 0.3) is 0 Å². The Balaban J connectivity index is 1.71. The lowest BCUT2D eigenvalue weighted by Crippen LogP contribution is -2.47. The van der Waals surface area contributed by atoms with Crippen LogP contribution in [0.25, 0.3) is 0 Å². The maximum absolute atomic E-state index is 11.7. The van der Waals surface area contributed by atoms with Crippen LogP contribution in [0.2, 0.25) is 0 Å². The standard InChI is InChI=1S/C12H22N2O3/c1-9-12(16,3-5-17-9)8-14-11(15)6-10-2-4-13-7-10/h9-10,13,16H,2-8H2,1H3,(H,14,15). The Morgan fingerprint density at radius 2 is 2.47 bits per heavy atom. The third-order valence-electron chi connectivity index (χ3n) is 3.89. The molecule has 5 nitrogen and oxygen atoms in total. The molecule has 0 saturated carbocycles. The third kappa shape index (κ3) is 3.18. The van der Waals surface area contributed by atoms with Crippen LogP contribution in [0.4, 0.5) is 0 Å². The van der Waals surface area contributed by atoms with E-state index >= 15 is 0 Å². The first-order valence-corrected chi connectivity index (χ1v) is 6.41. The number of aliphatic hydroxyl groups is 1. The molecule has 98 valence electrons. The van der Waals surface area contributed by atoms with Crippen LogP contribution in [0.1, 0.15) is 26.2 Å². The minimum atomic E-state index is -0.885. The van der Waals surface area contributed by atoms with Crippen molar-refractivity contribution in [1.29, 1.82) is 0 Å². The molecule has 0 aliphatic carbocycles. The van der Waals surface area contributed by atoms with Gasteiger partial charge in [0.1, 0.15) is 5.60 Å². The molecule has 17 heavy (non-hydrogen) atoms. The van der Waals surface area contributed by atoms with Gasteiger partial charge in [-0.2, -0.15) is 0 Å². The number of carbonyl (C=O) groups excluding carboxylic acids is 1. The molecular weight excluding hydrogens is 220 g/mol. The highest BCUT2D eigenvalue weighted by Crippen LogP contribution is 2.24. The van der Waals surface area contributed by atoms with Gasteiger partial charge < -0.3 is 20.5 Å². The summed E-state index contributed by atoms with van der Waals surface area (Å²) in [6, 6.07) is 0. The number of rotatable bonds is 4. The number of carbonyl (C=O) groups is 1. The molecule has 2 saturated heterocycles. The van der Waals surface area contributed by atoms with Gasteiger partial charge in [-0.15, -0.1) is 0 Å². The normalized spacial score (nSPS) is 37.3. The van der Waals surface area contributed by atoms with Crippen molar-refractivity contribution in [3.05, 3.63) is 0 Å². The fourth-order valence-corrected chi connectivity index (χ4v) is 2.48. The summed E-state index contributed by atoms with van der Waals surface area (Å²) in [7, 11) is 0. The molecule has 3 atom stereocenters. The minimum Gasteiger partial charge on any atom is -0.385 e. The molecular formula is C12H22N2O3. The number of hydrogen-bond donors (Lipinski definition) is 3. The lowest BCUT2D eigenvalue weighted by atomic mass is 9.96. The molecule has 2 fully saturated rings. The Morgan fingerprint density at radius 1 is 1.65 bits per heavy atom. The van der Waals surface area contributed by atoms with E-state index in [9.17, 15) is 9.90 Å². The van der Waals surface area contributed by atoms with Crippen LogP contribution in [0, 0.1) is 5.92 Å². The van der Waals surface area contributed by atoms with Crippen molar-refractivity contribution < 1.29 is 14.6 Å². The molecule has 5 heteroatoms. The van der Waals surface area contributed by atoms with Gasteiger partial charge in [-0.3, -0.25) is 4.79 Å². The van der Waals surface area contributed by atoms with Crippen molar-refractivity contribution in [2.24, 2.45) is 5.92 Å². The zero-order chi connectivity index (χ0) is 12.3. The summed E-state index contributed by atoms with van der Waals surface area (Å²) in [5.74, 6) is 0.480. The van der Waals surface area contributed by atoms with Crippen LogP contribution >= 0.6 is 0 Å². The Kier molecular flexibility index (Phi) is 4.01. The summed E-state index contributed by atoms with van der Waals surface area (Å²) in [5, 5.41) is 16.3. The molecule has 2 aliphatic heterocycles. The van der Waals surface area contributed by atoms with E-state index in [-0.39, 0.29) is 12.0 Å². The molecule has 2 aliphatic rings. The lowest BCUT2D eigenvalue weighted by Gasteiger charge is -2.26. The first-order valence-electron chi connectivity index (χ1n) is 6.41. The Morgan fingerprint density at radius 3 is 3.06 bits per heavy atom. The van der Waals surface area contributed by atoms with Crippen LogP contribution in [0.5, 0.6) is 0 Å². The van der Waals surface area contributed by atoms with Gasteiger partial charge in [0.05, 0.1) is 6.10 Å². The highest BCUT2D eigenvalue weighted by Gasteiger charge is 2.39. The van der Waals surface area contributed by atoms with Gasteiger partial charge in [0.2, 0.25) is 5.91 Å². The van der Waals surface area contributed by atoms with Crippen molar-refractivity contribution >= 4 is 5.91 Å². The van der Waals surface area contributed by atoms with Gasteiger partial charge >= 0.3 is 0 Å². The van der Waals surface area contributed by atoms with Gasteiger partial charge in [-0.1, -0.05) is 0 Å². The summed E-state index contributed by atoms with van der Waals surface area (Å²) in [4.78, 5) is 11.7. The second kappa shape index (κ2) is 5.33. The van der Waals surface area contributed by atoms with Gasteiger partial charge in [-0.25, -0.2) is 0 Å². The Labute approximate surface area is 102 Å². The highest BCUT2D eigenvalue weighted by atomic mass is 16.5. The van der Waals surface area contributed by atoms with Crippen LogP contribution in [0.15, 0.2) is 0 Å². The number of hydrogen-bond acceptors (Lipinski definition) is 4. The van der Waals surface area contributed by atoms with Crippen molar-refractivity contribution in [2.45, 2.75) is 37.9 Å². The van der Waals surface area contributed by atoms with Crippen LogP contribution < -0.4 is 10.6 Å². The molecule has 3 N–H and O–H groups in total. The van der Waals surface area contributed by atoms with E-state index in [1.807, 2.05) is 6.92 Å². The predicted octanol–water partition coefficient (Wildman–Crippen LogP) is -0.358. The average Bonchev–Trinajstić information content (AvgIpc) is 2.89. The molecule has 2 heterocycles. The molecule has 0 radical (unpaired) electrons. The number of ether oxygens (including phenoxy) is 1. The van der Waals surface area contributed by atoms with E-state index < -0.39 is 5.60 Å². The maximum atomic E-state index is 11.7. The maximum Gasteiger partial charge on any atom is 0.220 e. The Hall–Kier alpha value is -0.650. The molecule has 0 aromatic carbocycles. The predicted molar refractivity (Wildman–Crippen MR) is 63.6 cm³/mol. The minimum absolute atomic E-state index is 0.0335. The van der Waals surface area contributed by atoms with Crippen LogP contribution in [-0.2, 0) is 9.53 Å². The van der Waals surface area contributed by atoms with Gasteiger partial charge in [0.15, 0.2) is 0 Å². The molecule has 3 unspecified atom stereocenters. The van der Waals surface area contributed by atoms with E-state index in [0.29, 0.717) is 31.9 Å². The lowest BCUT2D eigenvalue weighted by molar-refractivity contribution is -0.123. The van der Waals surface area contributed by atoms with Crippen LogP contribution in [-0.4, -0.2) is 49.0 Å². The van der Waals surface area contributed by atoms with E-state index in [2.05, 4.69) is 10.6 Å². The second-order valence-corrected chi connectivity index (χ2v) is 5.21. The van der Waals surface area contributed by atoms with Gasteiger partial charge in [-0.05, 0) is 32.4 Å². The van der Waals surface area contributed by atoms with Crippen molar-refractivity contribution in [2.75, 3.05) is 26.2 Å². The van der Waals surface area contributed by atoms with Crippen molar-refractivity contribution in [3.63, 3.8) is 0 Å². The SMILES string of the molecule is CC1OCCC1(O)CNC(=O)CC1CCNC1. The topological polar surface area (TPSA) is 70.6 Å². The molecule has 0 aromatic rings. The summed E-state index contributed by atoms with van der Waals surface area (Å²) in [6.45, 7) is 4.65. The molecule has 0 bridgehead atoms. The number of nitrogens with one attached hydrogen (secondary N) is 2. The largest absolute Gasteiger partial charge is 0.385 e. The van der Waals surface area contributed by atoms with E-state index in [1.165, 1.54) is 0 Å². The summed E-state index contributed by atoms with van der Waals surface area (Å²) in [5.41, 5.74) is -0.885. The molecule has 0 spiro atoms. The fourth-order valence-electron chi connectivity index (χ4n) is 2.48. The van der Waals surface area contributed by atoms with E-state index in [4.69, 9.17) is 4.74 Å². The average molecular weight is 242 g/mol. The number of amides is 1. The van der Waals surface area contributed by atoms with Crippen molar-refractivity contribution in [1.82, 2.24) is 10.6 Å². The smallest absolute Gasteiger partial charge is 0.220 e. The summed E-state index contributed by atoms with van der Waals surface area (Å²) < 4.78 is 5.32. The van der Waals surface area contributed by atoms with Crippen molar-refractivity contribution in [3.8, 4) is 0 Å². The molecule has 1 amide bonds. The van der Waals surface area contributed by atoms with E-state index in [1.54, 1.807) is 0 Å². The zero-order valence-electron chi connectivity index (χ0n) is 10.4. The Bertz CT molecular complexity index is 279. The quantitative estimate of drug-likeness (QED) is 0.630. The van der Waals surface area contributed by atoms with E-state index in [0.717, 1.165) is 19.5 Å². The first kappa shape index (κ1) is 12.8. The summed E-state index contributed by atoms with van der Waals surface area (Å²) >= 11 is 0. The molecule has 2 rings (SSSR count). The first-order chi connectivity index (χ1) is 8.10. The highest BCUT2D eigenvalue weighted by molar-refractivity contribution is 5.76. The monoisotopic (exact) mass is 242 g/mol.